The highest BCUT2D eigenvalue weighted by atomic mass is 16.5. The highest BCUT2D eigenvalue weighted by Crippen LogP contribution is 2.13. The molecule has 0 aromatic rings. The number of ether oxygens (including phenoxy) is 1. The van der Waals surface area contributed by atoms with Gasteiger partial charge in [0.05, 0.1) is 6.10 Å². The molecule has 0 saturated carbocycles. The van der Waals surface area contributed by atoms with Crippen molar-refractivity contribution in [1.82, 2.24) is 0 Å². The van der Waals surface area contributed by atoms with Crippen LogP contribution in [0.3, 0.4) is 0 Å². The lowest BCUT2D eigenvalue weighted by Gasteiger charge is -2.07. The Kier molecular flexibility index (Phi) is 13.1. The molecule has 20 heavy (non-hydrogen) atoms. The highest BCUT2D eigenvalue weighted by molar-refractivity contribution is 5.69. The van der Waals surface area contributed by atoms with Crippen LogP contribution in [0, 0.1) is 5.92 Å². The van der Waals surface area contributed by atoms with Gasteiger partial charge >= 0.3 is 5.97 Å². The summed E-state index contributed by atoms with van der Waals surface area (Å²) in [5.74, 6) is 0.822. The van der Waals surface area contributed by atoms with Gasteiger partial charge in [0.2, 0.25) is 0 Å². The quantitative estimate of drug-likeness (QED) is 0.311. The summed E-state index contributed by atoms with van der Waals surface area (Å²) in [7, 11) is 0. The average Bonchev–Trinajstić information content (AvgIpc) is 2.34. The van der Waals surface area contributed by atoms with Gasteiger partial charge in [0.1, 0.15) is 0 Å². The molecular weight excluding hydrogens is 248 g/mol. The van der Waals surface area contributed by atoms with E-state index in [4.69, 9.17) is 4.74 Å². The Bertz CT molecular complexity index is 221. The van der Waals surface area contributed by atoms with Gasteiger partial charge in [0.25, 0.3) is 0 Å². The minimum atomic E-state index is -0.0369. The standard InChI is InChI=1S/C18H36O2/c1-16(2)14-12-10-8-6-5-7-9-11-13-15-18(19)20-17(3)4/h16-17H,5-15H2,1-4H3. The fourth-order valence-electron chi connectivity index (χ4n) is 2.38. The molecule has 0 heterocycles. The van der Waals surface area contributed by atoms with Crippen molar-refractivity contribution in [1.29, 1.82) is 0 Å². The zero-order chi connectivity index (χ0) is 15.2. The normalized spacial score (nSPS) is 11.3. The second-order valence-electron chi connectivity index (χ2n) is 6.65. The number of unbranched alkanes of at least 4 members (excludes halogenated alkanes) is 8. The lowest BCUT2D eigenvalue weighted by molar-refractivity contribution is -0.147. The molecule has 0 aromatic carbocycles. The number of hydrogen-bond donors (Lipinski definition) is 0. The number of carbonyl (C=O) groups is 1. The predicted octanol–water partition coefficient (Wildman–Crippen LogP) is 5.89. The molecule has 0 N–H and O–H groups in total. The van der Waals surface area contributed by atoms with E-state index in [1.807, 2.05) is 13.8 Å². The Hall–Kier alpha value is -0.530. The molecule has 0 bridgehead atoms. The van der Waals surface area contributed by atoms with Gasteiger partial charge in [-0.3, -0.25) is 4.79 Å². The predicted molar refractivity (Wildman–Crippen MR) is 86.9 cm³/mol. The summed E-state index contributed by atoms with van der Waals surface area (Å²) in [5.41, 5.74) is 0. The molecular formula is C18H36O2. The molecule has 0 atom stereocenters. The molecule has 0 rings (SSSR count). The maximum Gasteiger partial charge on any atom is 0.306 e. The van der Waals surface area contributed by atoms with E-state index in [1.165, 1.54) is 57.8 Å². The Labute approximate surface area is 126 Å². The average molecular weight is 284 g/mol. The van der Waals surface area contributed by atoms with Crippen LogP contribution in [0.5, 0.6) is 0 Å². The second-order valence-corrected chi connectivity index (χ2v) is 6.65. The van der Waals surface area contributed by atoms with Crippen molar-refractivity contribution in [2.45, 2.75) is 104 Å². The minimum Gasteiger partial charge on any atom is -0.463 e. The topological polar surface area (TPSA) is 26.3 Å². The van der Waals surface area contributed by atoms with Crippen LogP contribution >= 0.6 is 0 Å². The first-order valence-electron chi connectivity index (χ1n) is 8.72. The Morgan fingerprint density at radius 2 is 1.20 bits per heavy atom. The van der Waals surface area contributed by atoms with Gasteiger partial charge < -0.3 is 4.74 Å². The Morgan fingerprint density at radius 1 is 0.750 bits per heavy atom. The van der Waals surface area contributed by atoms with Crippen LogP contribution in [-0.4, -0.2) is 12.1 Å². The van der Waals surface area contributed by atoms with E-state index >= 15 is 0 Å². The van der Waals surface area contributed by atoms with Crippen molar-refractivity contribution in [3.05, 3.63) is 0 Å². The third-order valence-electron chi connectivity index (χ3n) is 3.53. The van der Waals surface area contributed by atoms with Crippen LogP contribution in [0.1, 0.15) is 98.3 Å². The van der Waals surface area contributed by atoms with Gasteiger partial charge in [0.15, 0.2) is 0 Å². The molecule has 0 amide bonds. The van der Waals surface area contributed by atoms with Crippen molar-refractivity contribution in [2.75, 3.05) is 0 Å². The first-order chi connectivity index (χ1) is 9.52. The van der Waals surface area contributed by atoms with Crippen LogP contribution in [0.2, 0.25) is 0 Å². The maximum absolute atomic E-state index is 11.3. The van der Waals surface area contributed by atoms with Gasteiger partial charge in [-0.1, -0.05) is 71.6 Å². The zero-order valence-corrected chi connectivity index (χ0v) is 14.2. The number of hydrogen-bond acceptors (Lipinski definition) is 2. The van der Waals surface area contributed by atoms with Crippen molar-refractivity contribution < 1.29 is 9.53 Å². The fourth-order valence-corrected chi connectivity index (χ4v) is 2.38. The van der Waals surface area contributed by atoms with Crippen molar-refractivity contribution in [3.8, 4) is 0 Å². The second kappa shape index (κ2) is 13.5. The molecule has 120 valence electrons. The van der Waals surface area contributed by atoms with Crippen LogP contribution in [0.4, 0.5) is 0 Å². The number of rotatable bonds is 13. The highest BCUT2D eigenvalue weighted by Gasteiger charge is 2.04. The molecule has 0 aliphatic heterocycles. The summed E-state index contributed by atoms with van der Waals surface area (Å²) >= 11 is 0. The third kappa shape index (κ3) is 15.5. The van der Waals surface area contributed by atoms with Gasteiger partial charge in [-0.25, -0.2) is 0 Å². The summed E-state index contributed by atoms with van der Waals surface area (Å²) in [5, 5.41) is 0. The maximum atomic E-state index is 11.3. The summed E-state index contributed by atoms with van der Waals surface area (Å²) in [6, 6.07) is 0. The van der Waals surface area contributed by atoms with E-state index in [9.17, 15) is 4.79 Å². The van der Waals surface area contributed by atoms with Gasteiger partial charge in [-0.05, 0) is 26.2 Å². The van der Waals surface area contributed by atoms with E-state index in [2.05, 4.69) is 13.8 Å². The fraction of sp³-hybridized carbons (Fsp3) is 0.944. The molecule has 0 radical (unpaired) electrons. The van der Waals surface area contributed by atoms with Crippen molar-refractivity contribution in [3.63, 3.8) is 0 Å². The zero-order valence-electron chi connectivity index (χ0n) is 14.2. The van der Waals surface area contributed by atoms with Crippen molar-refractivity contribution >= 4 is 5.97 Å². The van der Waals surface area contributed by atoms with Crippen LogP contribution in [0.25, 0.3) is 0 Å². The number of esters is 1. The molecule has 0 saturated heterocycles. The smallest absolute Gasteiger partial charge is 0.306 e. The monoisotopic (exact) mass is 284 g/mol. The lowest BCUT2D eigenvalue weighted by atomic mass is 10.0. The van der Waals surface area contributed by atoms with E-state index < -0.39 is 0 Å². The summed E-state index contributed by atoms with van der Waals surface area (Å²) in [4.78, 5) is 11.3. The molecule has 0 unspecified atom stereocenters. The first-order valence-corrected chi connectivity index (χ1v) is 8.72. The Balaban J connectivity index is 3.11. The summed E-state index contributed by atoms with van der Waals surface area (Å²) in [6.45, 7) is 8.41. The largest absolute Gasteiger partial charge is 0.463 e. The van der Waals surface area contributed by atoms with E-state index in [-0.39, 0.29) is 12.1 Å². The van der Waals surface area contributed by atoms with E-state index in [0.717, 1.165) is 12.3 Å². The minimum absolute atomic E-state index is 0.0261. The van der Waals surface area contributed by atoms with Gasteiger partial charge in [0, 0.05) is 6.42 Å². The molecule has 0 aliphatic rings. The molecule has 0 spiro atoms. The summed E-state index contributed by atoms with van der Waals surface area (Å²) < 4.78 is 5.11. The third-order valence-corrected chi connectivity index (χ3v) is 3.53. The van der Waals surface area contributed by atoms with E-state index in [0.29, 0.717) is 6.42 Å². The van der Waals surface area contributed by atoms with Crippen molar-refractivity contribution in [2.24, 2.45) is 5.92 Å². The van der Waals surface area contributed by atoms with Crippen LogP contribution in [0.15, 0.2) is 0 Å². The van der Waals surface area contributed by atoms with Gasteiger partial charge in [-0.2, -0.15) is 0 Å². The molecule has 0 aliphatic carbocycles. The van der Waals surface area contributed by atoms with Gasteiger partial charge in [-0.15, -0.1) is 0 Å². The molecule has 0 aromatic heterocycles. The first kappa shape index (κ1) is 19.5. The Morgan fingerprint density at radius 3 is 1.65 bits per heavy atom. The SMILES string of the molecule is CC(C)CCCCCCCCCCCC(=O)OC(C)C. The molecule has 2 nitrogen and oxygen atoms in total. The molecule has 2 heteroatoms. The number of carbonyl (C=O) groups excluding carboxylic acids is 1. The van der Waals surface area contributed by atoms with Crippen LogP contribution < -0.4 is 0 Å². The van der Waals surface area contributed by atoms with Crippen LogP contribution in [-0.2, 0) is 9.53 Å². The summed E-state index contributed by atoms with van der Waals surface area (Å²) in [6.07, 6.45) is 13.7. The lowest BCUT2D eigenvalue weighted by Crippen LogP contribution is -2.10. The molecule has 0 fully saturated rings. The van der Waals surface area contributed by atoms with E-state index in [1.54, 1.807) is 0 Å².